The van der Waals surface area contributed by atoms with Crippen LogP contribution in [0, 0.1) is 0 Å². The Kier molecular flexibility index (Phi) is 3.02. The average molecular weight is 216 g/mol. The number of rotatable bonds is 1. The zero-order valence-electron chi connectivity index (χ0n) is 8.70. The smallest absolute Gasteiger partial charge is 0.303 e. The van der Waals surface area contributed by atoms with E-state index in [0.29, 0.717) is 0 Å². The van der Waals surface area contributed by atoms with Crippen LogP contribution in [0.2, 0.25) is 0 Å². The molecule has 2 fully saturated rings. The molecule has 1 atom stereocenters. The molecule has 1 unspecified atom stereocenters. The Morgan fingerprint density at radius 3 is 2.79 bits per heavy atom. The van der Waals surface area contributed by atoms with E-state index in [9.17, 15) is 4.79 Å². The van der Waals surface area contributed by atoms with Crippen molar-refractivity contribution >= 4 is 17.7 Å². The number of hydrogen-bond acceptors (Lipinski definition) is 3. The van der Waals surface area contributed by atoms with Gasteiger partial charge in [0.2, 0.25) is 0 Å². The first-order valence-electron chi connectivity index (χ1n) is 5.30. The second-order valence-electron chi connectivity index (χ2n) is 4.41. The minimum absolute atomic E-state index is 0.130. The fourth-order valence-electron chi connectivity index (χ4n) is 2.54. The largest absolute Gasteiger partial charge is 0.456 e. The van der Waals surface area contributed by atoms with Crippen molar-refractivity contribution < 1.29 is 14.0 Å². The Bertz CT molecular complexity index is 226. The van der Waals surface area contributed by atoms with E-state index < -0.39 is 0 Å². The number of carbonyl (C=O) groups excluding carboxylic acids is 1. The van der Waals surface area contributed by atoms with Crippen LogP contribution < -0.4 is 0 Å². The topological polar surface area (TPSA) is 26.3 Å². The van der Waals surface area contributed by atoms with Gasteiger partial charge in [0.05, 0.1) is 13.1 Å². The van der Waals surface area contributed by atoms with Gasteiger partial charge in [0.1, 0.15) is 12.4 Å². The monoisotopic (exact) mass is 216 g/mol. The molecular formula is C10H18NO2S+. The highest BCUT2D eigenvalue weighted by molar-refractivity contribution is 7.99. The fraction of sp³-hybridized carbons (Fsp3) is 0.900. The van der Waals surface area contributed by atoms with Gasteiger partial charge in [0.25, 0.3) is 0 Å². The SMILES string of the molecule is CC(=O)OC1CSC[N+]2(CCCC2)C1. The molecule has 2 heterocycles. The molecule has 0 aromatic carbocycles. The molecule has 0 N–H and O–H groups in total. The molecule has 80 valence electrons. The van der Waals surface area contributed by atoms with Gasteiger partial charge >= 0.3 is 5.97 Å². The predicted molar refractivity (Wildman–Crippen MR) is 57.0 cm³/mol. The molecule has 0 aromatic rings. The Morgan fingerprint density at radius 1 is 1.43 bits per heavy atom. The lowest BCUT2D eigenvalue weighted by Gasteiger charge is -2.40. The van der Waals surface area contributed by atoms with E-state index in [0.717, 1.165) is 12.3 Å². The normalized spacial score (nSPS) is 30.5. The number of hydrogen-bond donors (Lipinski definition) is 0. The lowest BCUT2D eigenvalue weighted by molar-refractivity contribution is -0.908. The van der Waals surface area contributed by atoms with Crippen molar-refractivity contribution in [2.75, 3.05) is 31.3 Å². The standard InChI is InChI=1S/C10H18NO2S/c1-9(12)13-10-6-11(8-14-7-10)4-2-3-5-11/h10H,2-8H2,1H3/q+1. The highest BCUT2D eigenvalue weighted by Crippen LogP contribution is 2.29. The van der Waals surface area contributed by atoms with Crippen LogP contribution in [0.1, 0.15) is 19.8 Å². The third-order valence-electron chi connectivity index (χ3n) is 3.11. The van der Waals surface area contributed by atoms with Crippen molar-refractivity contribution in [2.24, 2.45) is 0 Å². The summed E-state index contributed by atoms with van der Waals surface area (Å²) < 4.78 is 6.49. The van der Waals surface area contributed by atoms with E-state index in [4.69, 9.17) is 4.74 Å². The summed E-state index contributed by atoms with van der Waals surface area (Å²) in [5.41, 5.74) is 0. The molecule has 0 aromatic heterocycles. The van der Waals surface area contributed by atoms with E-state index >= 15 is 0 Å². The van der Waals surface area contributed by atoms with Gasteiger partial charge in [-0.05, 0) is 0 Å². The number of thioether (sulfide) groups is 1. The third-order valence-corrected chi connectivity index (χ3v) is 4.45. The highest BCUT2D eigenvalue weighted by Gasteiger charge is 2.39. The van der Waals surface area contributed by atoms with Gasteiger partial charge in [-0.1, -0.05) is 11.8 Å². The van der Waals surface area contributed by atoms with Crippen LogP contribution in [0.25, 0.3) is 0 Å². The van der Waals surface area contributed by atoms with Crippen molar-refractivity contribution in [2.45, 2.75) is 25.9 Å². The molecule has 0 bridgehead atoms. The van der Waals surface area contributed by atoms with E-state index in [1.54, 1.807) is 0 Å². The summed E-state index contributed by atoms with van der Waals surface area (Å²) >= 11 is 1.94. The third kappa shape index (κ3) is 2.23. The summed E-state index contributed by atoms with van der Waals surface area (Å²) in [7, 11) is 0. The maximum Gasteiger partial charge on any atom is 0.303 e. The Hall–Kier alpha value is -0.220. The second-order valence-corrected chi connectivity index (χ2v) is 5.41. The first kappa shape index (κ1) is 10.3. The molecule has 4 heteroatoms. The van der Waals surface area contributed by atoms with Gasteiger partial charge in [0, 0.05) is 25.5 Å². The van der Waals surface area contributed by atoms with Gasteiger partial charge in [0.15, 0.2) is 6.10 Å². The maximum atomic E-state index is 10.9. The predicted octanol–water partition coefficient (Wildman–Crippen LogP) is 1.23. The van der Waals surface area contributed by atoms with E-state index in [2.05, 4.69) is 0 Å². The summed E-state index contributed by atoms with van der Waals surface area (Å²) in [6, 6.07) is 0. The average Bonchev–Trinajstić information content (AvgIpc) is 2.52. The van der Waals surface area contributed by atoms with Crippen molar-refractivity contribution in [3.8, 4) is 0 Å². The Morgan fingerprint density at radius 2 is 2.14 bits per heavy atom. The van der Waals surface area contributed by atoms with Gasteiger partial charge in [-0.15, -0.1) is 0 Å². The molecule has 2 saturated heterocycles. The molecule has 14 heavy (non-hydrogen) atoms. The molecule has 0 amide bonds. The van der Waals surface area contributed by atoms with Crippen LogP contribution in [0.3, 0.4) is 0 Å². The zero-order chi connectivity index (χ0) is 10.0. The summed E-state index contributed by atoms with van der Waals surface area (Å²) in [6.45, 7) is 5.12. The fourth-order valence-corrected chi connectivity index (χ4v) is 3.83. The maximum absolute atomic E-state index is 10.9. The van der Waals surface area contributed by atoms with Crippen LogP contribution in [-0.2, 0) is 9.53 Å². The number of ether oxygens (including phenoxy) is 1. The second kappa shape index (κ2) is 4.11. The van der Waals surface area contributed by atoms with Crippen molar-refractivity contribution in [3.05, 3.63) is 0 Å². The van der Waals surface area contributed by atoms with Gasteiger partial charge < -0.3 is 9.22 Å². The minimum atomic E-state index is -0.130. The molecule has 0 aliphatic carbocycles. The van der Waals surface area contributed by atoms with Crippen molar-refractivity contribution in [1.82, 2.24) is 0 Å². The number of carbonyl (C=O) groups is 1. The van der Waals surface area contributed by atoms with Gasteiger partial charge in [-0.3, -0.25) is 4.79 Å². The summed E-state index contributed by atoms with van der Waals surface area (Å²) in [5.74, 6) is 2.08. The summed E-state index contributed by atoms with van der Waals surface area (Å²) in [4.78, 5) is 10.9. The number of esters is 1. The van der Waals surface area contributed by atoms with Crippen LogP contribution in [0.15, 0.2) is 0 Å². The molecule has 2 rings (SSSR count). The van der Waals surface area contributed by atoms with Crippen LogP contribution >= 0.6 is 11.8 Å². The van der Waals surface area contributed by atoms with Crippen molar-refractivity contribution in [3.63, 3.8) is 0 Å². The van der Waals surface area contributed by atoms with E-state index in [1.165, 1.54) is 43.2 Å². The molecule has 3 nitrogen and oxygen atoms in total. The molecule has 0 saturated carbocycles. The van der Waals surface area contributed by atoms with E-state index in [1.807, 2.05) is 11.8 Å². The van der Waals surface area contributed by atoms with Gasteiger partial charge in [-0.25, -0.2) is 0 Å². The van der Waals surface area contributed by atoms with Gasteiger partial charge in [-0.2, -0.15) is 0 Å². The first-order chi connectivity index (χ1) is 6.70. The lowest BCUT2D eigenvalue weighted by atomic mass is 10.3. The van der Waals surface area contributed by atoms with Crippen LogP contribution in [-0.4, -0.2) is 47.8 Å². The lowest BCUT2D eigenvalue weighted by Crippen LogP contribution is -2.54. The zero-order valence-corrected chi connectivity index (χ0v) is 9.52. The molecule has 2 aliphatic heterocycles. The Balaban J connectivity index is 1.93. The van der Waals surface area contributed by atoms with Crippen LogP contribution in [0.5, 0.6) is 0 Å². The molecule has 1 spiro atoms. The first-order valence-corrected chi connectivity index (χ1v) is 6.46. The number of nitrogens with zero attached hydrogens (tertiary/aromatic N) is 1. The summed E-state index contributed by atoms with van der Waals surface area (Å²) in [5, 5.41) is 0. The quantitative estimate of drug-likeness (QED) is 0.487. The minimum Gasteiger partial charge on any atom is -0.456 e. The molecule has 0 radical (unpaired) electrons. The van der Waals surface area contributed by atoms with E-state index in [-0.39, 0.29) is 12.1 Å². The number of quaternary nitrogens is 1. The summed E-state index contributed by atoms with van der Waals surface area (Å²) in [6.07, 6.45) is 2.84. The molecular weight excluding hydrogens is 198 g/mol. The highest BCUT2D eigenvalue weighted by atomic mass is 32.2. The van der Waals surface area contributed by atoms with Crippen LogP contribution in [0.4, 0.5) is 0 Å². The van der Waals surface area contributed by atoms with Crippen molar-refractivity contribution in [1.29, 1.82) is 0 Å². The Labute approximate surface area is 89.4 Å². The molecule has 2 aliphatic rings.